The van der Waals surface area contributed by atoms with Crippen molar-refractivity contribution in [3.63, 3.8) is 0 Å². The summed E-state index contributed by atoms with van der Waals surface area (Å²) in [4.78, 5) is 11.9. The minimum Gasteiger partial charge on any atom is -0.371 e. The Morgan fingerprint density at radius 2 is 1.86 bits per heavy atom. The number of rotatable bonds is 3. The molecular weight excluding hydrogens is 300 g/mol. The van der Waals surface area contributed by atoms with Gasteiger partial charge in [-0.1, -0.05) is 48.0 Å². The van der Waals surface area contributed by atoms with Crippen LogP contribution in [0.25, 0.3) is 0 Å². The van der Waals surface area contributed by atoms with Crippen molar-refractivity contribution in [2.45, 2.75) is 19.1 Å². The fraction of sp³-hybridized carbons (Fsp3) is 0.235. The summed E-state index contributed by atoms with van der Waals surface area (Å²) < 4.78 is 5.76. The van der Waals surface area contributed by atoms with Gasteiger partial charge in [-0.25, -0.2) is 4.79 Å². The van der Waals surface area contributed by atoms with E-state index in [0.717, 1.165) is 6.42 Å². The standard InChI is InChI=1S/C17H17ClN2O2/c18-15-7-3-4-8-16(15)20-17(21)19-10-14-9-12-5-1-2-6-13(12)11-22-14/h1-8,14H,9-11H2,(H2,19,20,21). The number of hydrogen-bond donors (Lipinski definition) is 2. The largest absolute Gasteiger partial charge is 0.371 e. The fourth-order valence-electron chi connectivity index (χ4n) is 2.48. The summed E-state index contributed by atoms with van der Waals surface area (Å²) in [6, 6.07) is 15.1. The Morgan fingerprint density at radius 1 is 1.14 bits per heavy atom. The molecule has 0 aliphatic carbocycles. The van der Waals surface area contributed by atoms with Crippen LogP contribution in [-0.4, -0.2) is 18.7 Å². The van der Waals surface area contributed by atoms with Crippen molar-refractivity contribution < 1.29 is 9.53 Å². The first-order valence-electron chi connectivity index (χ1n) is 7.20. The van der Waals surface area contributed by atoms with Crippen LogP contribution < -0.4 is 10.6 Å². The molecule has 1 unspecified atom stereocenters. The molecule has 0 radical (unpaired) electrons. The Bertz CT molecular complexity index is 675. The van der Waals surface area contributed by atoms with E-state index in [1.165, 1.54) is 11.1 Å². The molecule has 1 aliphatic heterocycles. The molecule has 22 heavy (non-hydrogen) atoms. The van der Waals surface area contributed by atoms with Crippen LogP contribution >= 0.6 is 11.6 Å². The second-order valence-electron chi connectivity index (χ2n) is 5.22. The molecule has 1 aliphatic rings. The van der Waals surface area contributed by atoms with Gasteiger partial charge in [0.05, 0.1) is 23.4 Å². The number of carbonyl (C=O) groups is 1. The number of amides is 2. The number of para-hydroxylation sites is 1. The van der Waals surface area contributed by atoms with Crippen molar-refractivity contribution in [1.29, 1.82) is 0 Å². The van der Waals surface area contributed by atoms with Crippen LogP contribution in [-0.2, 0) is 17.8 Å². The molecule has 0 saturated heterocycles. The second-order valence-corrected chi connectivity index (χ2v) is 5.63. The molecule has 2 N–H and O–H groups in total. The van der Waals surface area contributed by atoms with Crippen molar-refractivity contribution >= 4 is 23.3 Å². The average molecular weight is 317 g/mol. The van der Waals surface area contributed by atoms with Gasteiger partial charge in [-0.3, -0.25) is 0 Å². The number of carbonyl (C=O) groups excluding carboxylic acids is 1. The molecule has 1 atom stereocenters. The van der Waals surface area contributed by atoms with Crippen LogP contribution in [0.15, 0.2) is 48.5 Å². The van der Waals surface area contributed by atoms with Gasteiger partial charge in [-0.05, 0) is 23.3 Å². The molecule has 0 fully saturated rings. The van der Waals surface area contributed by atoms with E-state index in [1.54, 1.807) is 12.1 Å². The number of anilines is 1. The maximum absolute atomic E-state index is 11.9. The Hall–Kier alpha value is -2.04. The monoisotopic (exact) mass is 316 g/mol. The van der Waals surface area contributed by atoms with Crippen molar-refractivity contribution in [3.8, 4) is 0 Å². The Morgan fingerprint density at radius 3 is 2.68 bits per heavy atom. The molecule has 5 heteroatoms. The molecular formula is C17H17ClN2O2. The molecule has 2 aromatic carbocycles. The van der Waals surface area contributed by atoms with E-state index in [2.05, 4.69) is 22.8 Å². The zero-order valence-corrected chi connectivity index (χ0v) is 12.8. The lowest BCUT2D eigenvalue weighted by Crippen LogP contribution is -2.38. The first-order chi connectivity index (χ1) is 10.7. The highest BCUT2D eigenvalue weighted by Crippen LogP contribution is 2.21. The first kappa shape index (κ1) is 14.9. The SMILES string of the molecule is O=C(NCC1Cc2ccccc2CO1)Nc1ccccc1Cl. The van der Waals surface area contributed by atoms with Gasteiger partial charge in [0.1, 0.15) is 0 Å². The van der Waals surface area contributed by atoms with E-state index in [9.17, 15) is 4.79 Å². The van der Waals surface area contributed by atoms with Gasteiger partial charge in [-0.15, -0.1) is 0 Å². The third kappa shape index (κ3) is 3.59. The third-order valence-corrected chi connectivity index (χ3v) is 3.98. The predicted molar refractivity (Wildman–Crippen MR) is 87.2 cm³/mol. The molecule has 2 aromatic rings. The van der Waals surface area contributed by atoms with E-state index in [1.807, 2.05) is 24.3 Å². The Kier molecular flexibility index (Phi) is 4.61. The molecule has 114 valence electrons. The van der Waals surface area contributed by atoms with Gasteiger partial charge in [0.2, 0.25) is 0 Å². The zero-order valence-electron chi connectivity index (χ0n) is 12.0. The molecule has 0 spiro atoms. The lowest BCUT2D eigenvalue weighted by molar-refractivity contribution is 0.0308. The Labute approximate surface area is 134 Å². The molecule has 2 amide bonds. The number of urea groups is 1. The maximum atomic E-state index is 11.9. The summed E-state index contributed by atoms with van der Waals surface area (Å²) in [5.41, 5.74) is 3.10. The summed E-state index contributed by atoms with van der Waals surface area (Å²) >= 11 is 6.01. The van der Waals surface area contributed by atoms with Crippen LogP contribution in [0.5, 0.6) is 0 Å². The van der Waals surface area contributed by atoms with Gasteiger partial charge in [0.25, 0.3) is 0 Å². The van der Waals surface area contributed by atoms with Gasteiger partial charge in [0, 0.05) is 13.0 Å². The van der Waals surface area contributed by atoms with Gasteiger partial charge >= 0.3 is 6.03 Å². The number of benzene rings is 2. The molecule has 1 heterocycles. The lowest BCUT2D eigenvalue weighted by Gasteiger charge is -2.25. The highest BCUT2D eigenvalue weighted by Gasteiger charge is 2.19. The van der Waals surface area contributed by atoms with E-state index in [-0.39, 0.29) is 12.1 Å². The van der Waals surface area contributed by atoms with E-state index < -0.39 is 0 Å². The number of halogens is 1. The normalized spacial score (nSPS) is 16.7. The summed E-state index contributed by atoms with van der Waals surface area (Å²) in [7, 11) is 0. The number of fused-ring (bicyclic) bond motifs is 1. The topological polar surface area (TPSA) is 50.4 Å². The summed E-state index contributed by atoms with van der Waals surface area (Å²) in [5.74, 6) is 0. The Balaban J connectivity index is 1.51. The summed E-state index contributed by atoms with van der Waals surface area (Å²) in [5, 5.41) is 6.07. The van der Waals surface area contributed by atoms with Gasteiger partial charge in [0.15, 0.2) is 0 Å². The van der Waals surface area contributed by atoms with E-state index >= 15 is 0 Å². The van der Waals surface area contributed by atoms with Gasteiger partial charge in [-0.2, -0.15) is 0 Å². The molecule has 0 saturated carbocycles. The number of ether oxygens (including phenoxy) is 1. The highest BCUT2D eigenvalue weighted by molar-refractivity contribution is 6.33. The quantitative estimate of drug-likeness (QED) is 0.909. The third-order valence-electron chi connectivity index (χ3n) is 3.65. The van der Waals surface area contributed by atoms with E-state index in [0.29, 0.717) is 23.9 Å². The fourth-order valence-corrected chi connectivity index (χ4v) is 2.66. The summed E-state index contributed by atoms with van der Waals surface area (Å²) in [6.45, 7) is 1.05. The minimum absolute atomic E-state index is 0.00750. The van der Waals surface area contributed by atoms with E-state index in [4.69, 9.17) is 16.3 Å². The highest BCUT2D eigenvalue weighted by atomic mass is 35.5. The molecule has 4 nitrogen and oxygen atoms in total. The van der Waals surface area contributed by atoms with Crippen LogP contribution in [0.3, 0.4) is 0 Å². The predicted octanol–water partition coefficient (Wildman–Crippen LogP) is 3.60. The average Bonchev–Trinajstić information content (AvgIpc) is 2.55. The van der Waals surface area contributed by atoms with Crippen molar-refractivity contribution in [1.82, 2.24) is 5.32 Å². The van der Waals surface area contributed by atoms with Crippen LogP contribution in [0, 0.1) is 0 Å². The zero-order chi connectivity index (χ0) is 15.4. The smallest absolute Gasteiger partial charge is 0.319 e. The van der Waals surface area contributed by atoms with Crippen LogP contribution in [0.2, 0.25) is 5.02 Å². The van der Waals surface area contributed by atoms with Crippen LogP contribution in [0.1, 0.15) is 11.1 Å². The molecule has 0 bridgehead atoms. The molecule has 3 rings (SSSR count). The van der Waals surface area contributed by atoms with Crippen LogP contribution in [0.4, 0.5) is 10.5 Å². The summed E-state index contributed by atoms with van der Waals surface area (Å²) in [6.07, 6.45) is 0.801. The minimum atomic E-state index is -0.282. The number of hydrogen-bond acceptors (Lipinski definition) is 2. The maximum Gasteiger partial charge on any atom is 0.319 e. The molecule has 0 aromatic heterocycles. The van der Waals surface area contributed by atoms with Gasteiger partial charge < -0.3 is 15.4 Å². The lowest BCUT2D eigenvalue weighted by atomic mass is 9.99. The van der Waals surface area contributed by atoms with Crippen molar-refractivity contribution in [2.75, 3.05) is 11.9 Å². The first-order valence-corrected chi connectivity index (χ1v) is 7.58. The van der Waals surface area contributed by atoms with Crippen molar-refractivity contribution in [2.24, 2.45) is 0 Å². The second kappa shape index (κ2) is 6.81. The number of nitrogens with one attached hydrogen (secondary N) is 2. The van der Waals surface area contributed by atoms with Crippen molar-refractivity contribution in [3.05, 3.63) is 64.7 Å².